The molecule has 1 atom stereocenters. The summed E-state index contributed by atoms with van der Waals surface area (Å²) in [4.78, 5) is 0. The van der Waals surface area contributed by atoms with Gasteiger partial charge in [0.05, 0.1) is 12.3 Å². The van der Waals surface area contributed by atoms with E-state index in [2.05, 4.69) is 22.4 Å². The molecule has 0 aliphatic heterocycles. The van der Waals surface area contributed by atoms with E-state index in [0.717, 1.165) is 25.3 Å². The molecular weight excluding hydrogens is 178 g/mol. The van der Waals surface area contributed by atoms with Crippen LogP contribution >= 0.6 is 0 Å². The van der Waals surface area contributed by atoms with Gasteiger partial charge in [-0.15, -0.1) is 0 Å². The molecule has 14 heavy (non-hydrogen) atoms. The number of nitrogens with one attached hydrogen (secondary N) is 1. The standard InChI is InChI=1S/C10H17N3O/c1-3-9(8-14-2)11-7-10-5-4-6-12-13-10/h4-6,9,11H,3,7-8H2,1-2H3. The van der Waals surface area contributed by atoms with Crippen molar-refractivity contribution in [2.45, 2.75) is 25.9 Å². The van der Waals surface area contributed by atoms with Crippen LogP contribution in [-0.2, 0) is 11.3 Å². The second-order valence-corrected chi connectivity index (χ2v) is 3.16. The number of hydrogen-bond acceptors (Lipinski definition) is 4. The Morgan fingerprint density at radius 2 is 2.43 bits per heavy atom. The van der Waals surface area contributed by atoms with Crippen LogP contribution in [-0.4, -0.2) is 30.0 Å². The first-order chi connectivity index (χ1) is 6.86. The SMILES string of the molecule is CCC(COC)NCc1cccnn1. The second-order valence-electron chi connectivity index (χ2n) is 3.16. The van der Waals surface area contributed by atoms with Gasteiger partial charge < -0.3 is 10.1 Å². The van der Waals surface area contributed by atoms with Gasteiger partial charge in [-0.2, -0.15) is 10.2 Å². The molecule has 0 spiro atoms. The molecule has 1 heterocycles. The number of ether oxygens (including phenoxy) is 1. The van der Waals surface area contributed by atoms with Crippen molar-refractivity contribution in [2.24, 2.45) is 0 Å². The van der Waals surface area contributed by atoms with Crippen LogP contribution in [0.15, 0.2) is 18.3 Å². The zero-order chi connectivity index (χ0) is 10.2. The summed E-state index contributed by atoms with van der Waals surface area (Å²) in [5.74, 6) is 0. The topological polar surface area (TPSA) is 47.0 Å². The van der Waals surface area contributed by atoms with Crippen molar-refractivity contribution in [2.75, 3.05) is 13.7 Å². The van der Waals surface area contributed by atoms with Crippen LogP contribution in [0.3, 0.4) is 0 Å². The molecule has 1 aromatic rings. The molecule has 0 amide bonds. The van der Waals surface area contributed by atoms with Gasteiger partial charge in [-0.3, -0.25) is 0 Å². The van der Waals surface area contributed by atoms with E-state index in [1.54, 1.807) is 13.3 Å². The van der Waals surface area contributed by atoms with E-state index in [0.29, 0.717) is 6.04 Å². The van der Waals surface area contributed by atoms with Crippen molar-refractivity contribution in [3.63, 3.8) is 0 Å². The van der Waals surface area contributed by atoms with Gasteiger partial charge in [0.2, 0.25) is 0 Å². The summed E-state index contributed by atoms with van der Waals surface area (Å²) in [5, 5.41) is 11.2. The van der Waals surface area contributed by atoms with Crippen molar-refractivity contribution in [1.29, 1.82) is 0 Å². The molecule has 0 fully saturated rings. The molecular formula is C10H17N3O. The number of rotatable bonds is 6. The van der Waals surface area contributed by atoms with Crippen LogP contribution < -0.4 is 5.32 Å². The van der Waals surface area contributed by atoms with Crippen LogP contribution in [0.2, 0.25) is 0 Å². The molecule has 0 saturated heterocycles. The minimum absolute atomic E-state index is 0.391. The summed E-state index contributed by atoms with van der Waals surface area (Å²) in [7, 11) is 1.71. The summed E-state index contributed by atoms with van der Waals surface area (Å²) >= 11 is 0. The van der Waals surface area contributed by atoms with Crippen molar-refractivity contribution in [3.05, 3.63) is 24.0 Å². The van der Waals surface area contributed by atoms with Gasteiger partial charge >= 0.3 is 0 Å². The lowest BCUT2D eigenvalue weighted by Gasteiger charge is -2.14. The Kier molecular flexibility index (Phi) is 5.11. The number of hydrogen-bond donors (Lipinski definition) is 1. The van der Waals surface area contributed by atoms with Crippen molar-refractivity contribution in [1.82, 2.24) is 15.5 Å². The smallest absolute Gasteiger partial charge is 0.0769 e. The lowest BCUT2D eigenvalue weighted by atomic mass is 10.2. The van der Waals surface area contributed by atoms with Gasteiger partial charge in [0.1, 0.15) is 0 Å². The molecule has 0 aliphatic rings. The maximum absolute atomic E-state index is 5.08. The van der Waals surface area contributed by atoms with Gasteiger partial charge in [0.15, 0.2) is 0 Å². The Balaban J connectivity index is 2.32. The zero-order valence-electron chi connectivity index (χ0n) is 8.73. The fourth-order valence-electron chi connectivity index (χ4n) is 1.20. The number of methoxy groups -OCH3 is 1. The minimum Gasteiger partial charge on any atom is -0.383 e. The van der Waals surface area contributed by atoms with Crippen LogP contribution in [0.1, 0.15) is 19.0 Å². The van der Waals surface area contributed by atoms with E-state index < -0.39 is 0 Å². The van der Waals surface area contributed by atoms with E-state index in [-0.39, 0.29) is 0 Å². The molecule has 4 nitrogen and oxygen atoms in total. The zero-order valence-corrected chi connectivity index (χ0v) is 8.73. The predicted molar refractivity (Wildman–Crippen MR) is 54.8 cm³/mol. The molecule has 1 rings (SSSR count). The van der Waals surface area contributed by atoms with E-state index in [4.69, 9.17) is 4.74 Å². The molecule has 0 saturated carbocycles. The highest BCUT2D eigenvalue weighted by molar-refractivity contribution is 4.98. The molecule has 1 N–H and O–H groups in total. The Bertz CT molecular complexity index is 240. The monoisotopic (exact) mass is 195 g/mol. The highest BCUT2D eigenvalue weighted by Crippen LogP contribution is 1.95. The molecule has 78 valence electrons. The van der Waals surface area contributed by atoms with Crippen LogP contribution in [0.4, 0.5) is 0 Å². The first-order valence-corrected chi connectivity index (χ1v) is 4.85. The minimum atomic E-state index is 0.391. The number of aromatic nitrogens is 2. The molecule has 0 aromatic carbocycles. The van der Waals surface area contributed by atoms with Crippen LogP contribution in [0, 0.1) is 0 Å². The lowest BCUT2D eigenvalue weighted by Crippen LogP contribution is -2.32. The fourth-order valence-corrected chi connectivity index (χ4v) is 1.20. The summed E-state index contributed by atoms with van der Waals surface area (Å²) in [6, 6.07) is 4.24. The maximum atomic E-state index is 5.08. The third kappa shape index (κ3) is 3.81. The van der Waals surface area contributed by atoms with Gasteiger partial charge in [0.25, 0.3) is 0 Å². The maximum Gasteiger partial charge on any atom is 0.0769 e. The molecule has 0 radical (unpaired) electrons. The third-order valence-electron chi connectivity index (χ3n) is 2.06. The Hall–Kier alpha value is -1.00. The second kappa shape index (κ2) is 6.45. The Morgan fingerprint density at radius 1 is 1.57 bits per heavy atom. The van der Waals surface area contributed by atoms with Crippen molar-refractivity contribution in [3.8, 4) is 0 Å². The average Bonchev–Trinajstić information content (AvgIpc) is 2.25. The Morgan fingerprint density at radius 3 is 3.00 bits per heavy atom. The third-order valence-corrected chi connectivity index (χ3v) is 2.06. The molecule has 4 heteroatoms. The van der Waals surface area contributed by atoms with E-state index in [1.165, 1.54) is 0 Å². The largest absolute Gasteiger partial charge is 0.383 e. The summed E-state index contributed by atoms with van der Waals surface area (Å²) in [5.41, 5.74) is 0.960. The highest BCUT2D eigenvalue weighted by atomic mass is 16.5. The van der Waals surface area contributed by atoms with Crippen LogP contribution in [0.25, 0.3) is 0 Å². The predicted octanol–water partition coefficient (Wildman–Crippen LogP) is 0.991. The first-order valence-electron chi connectivity index (χ1n) is 4.85. The van der Waals surface area contributed by atoms with E-state index in [1.807, 2.05) is 12.1 Å². The van der Waals surface area contributed by atoms with Crippen molar-refractivity contribution >= 4 is 0 Å². The Labute approximate surface area is 84.7 Å². The van der Waals surface area contributed by atoms with Gasteiger partial charge in [-0.05, 0) is 18.6 Å². The first kappa shape index (κ1) is 11.1. The normalized spacial score (nSPS) is 12.7. The quantitative estimate of drug-likeness (QED) is 0.735. The fraction of sp³-hybridized carbons (Fsp3) is 0.600. The summed E-state index contributed by atoms with van der Waals surface area (Å²) in [6.45, 7) is 3.61. The van der Waals surface area contributed by atoms with Gasteiger partial charge in [-0.25, -0.2) is 0 Å². The van der Waals surface area contributed by atoms with E-state index >= 15 is 0 Å². The summed E-state index contributed by atoms with van der Waals surface area (Å²) < 4.78 is 5.08. The molecule has 1 unspecified atom stereocenters. The van der Waals surface area contributed by atoms with Gasteiger partial charge in [0, 0.05) is 25.9 Å². The summed E-state index contributed by atoms with van der Waals surface area (Å²) in [6.07, 6.45) is 2.73. The lowest BCUT2D eigenvalue weighted by molar-refractivity contribution is 0.163. The highest BCUT2D eigenvalue weighted by Gasteiger charge is 2.04. The molecule has 0 aliphatic carbocycles. The van der Waals surface area contributed by atoms with Crippen LogP contribution in [0.5, 0.6) is 0 Å². The number of nitrogens with zero attached hydrogens (tertiary/aromatic N) is 2. The molecule has 1 aromatic heterocycles. The van der Waals surface area contributed by atoms with Gasteiger partial charge in [-0.1, -0.05) is 6.92 Å². The van der Waals surface area contributed by atoms with Crippen molar-refractivity contribution < 1.29 is 4.74 Å². The average molecular weight is 195 g/mol. The molecule has 0 bridgehead atoms. The van der Waals surface area contributed by atoms with E-state index in [9.17, 15) is 0 Å².